The number of carbonyl (C=O) groups is 2. The van der Waals surface area contributed by atoms with Gasteiger partial charge in [0.05, 0.1) is 0 Å². The fraction of sp³-hybridized carbons (Fsp3) is 0.400. The van der Waals surface area contributed by atoms with Crippen molar-refractivity contribution in [3.8, 4) is 11.5 Å². The van der Waals surface area contributed by atoms with Crippen LogP contribution in [0.1, 0.15) is 27.6 Å². The van der Waals surface area contributed by atoms with Gasteiger partial charge in [-0.15, -0.1) is 11.3 Å². The third-order valence-corrected chi connectivity index (χ3v) is 6.52. The third-order valence-electron chi connectivity index (χ3n) is 5.51. The number of thiophene rings is 1. The number of carbonyl (C=O) groups excluding carboxylic acids is 2. The van der Waals surface area contributed by atoms with Crippen molar-refractivity contribution in [3.63, 3.8) is 0 Å². The zero-order valence-corrected chi connectivity index (χ0v) is 15.6. The largest absolute Gasteiger partial charge is 0.454 e. The van der Waals surface area contributed by atoms with Gasteiger partial charge in [-0.1, -0.05) is 6.07 Å². The van der Waals surface area contributed by atoms with Gasteiger partial charge in [0.2, 0.25) is 12.7 Å². The molecule has 7 heteroatoms. The molecule has 3 aliphatic rings. The summed E-state index contributed by atoms with van der Waals surface area (Å²) in [6.07, 6.45) is 0.954. The van der Waals surface area contributed by atoms with Crippen LogP contribution in [0.25, 0.3) is 0 Å². The van der Waals surface area contributed by atoms with Crippen molar-refractivity contribution in [1.82, 2.24) is 9.80 Å². The fourth-order valence-corrected chi connectivity index (χ4v) is 4.77. The maximum absolute atomic E-state index is 12.8. The zero-order chi connectivity index (χ0) is 18.4. The molecule has 0 spiro atoms. The van der Waals surface area contributed by atoms with Gasteiger partial charge in [-0.2, -0.15) is 0 Å². The number of piperazine rings is 1. The van der Waals surface area contributed by atoms with E-state index in [0.717, 1.165) is 6.42 Å². The van der Waals surface area contributed by atoms with E-state index in [2.05, 4.69) is 11.4 Å². The molecule has 6 nitrogen and oxygen atoms in total. The van der Waals surface area contributed by atoms with Crippen molar-refractivity contribution in [3.05, 3.63) is 46.2 Å². The molecular weight excluding hydrogens is 364 g/mol. The molecule has 1 saturated carbocycles. The van der Waals surface area contributed by atoms with E-state index < -0.39 is 0 Å². The van der Waals surface area contributed by atoms with Crippen molar-refractivity contribution in [2.75, 3.05) is 33.0 Å². The fourth-order valence-electron chi connectivity index (χ4n) is 3.86. The molecule has 1 saturated heterocycles. The third kappa shape index (κ3) is 3.06. The molecule has 2 fully saturated rings. The molecule has 0 radical (unpaired) electrons. The zero-order valence-electron chi connectivity index (χ0n) is 14.8. The predicted molar refractivity (Wildman–Crippen MR) is 100 cm³/mol. The number of amides is 2. The van der Waals surface area contributed by atoms with Gasteiger partial charge in [-0.3, -0.25) is 9.59 Å². The Bertz CT molecular complexity index is 874. The van der Waals surface area contributed by atoms with Gasteiger partial charge in [0.25, 0.3) is 5.91 Å². The molecule has 1 aromatic carbocycles. The maximum atomic E-state index is 12.8. The van der Waals surface area contributed by atoms with Crippen LogP contribution in [-0.4, -0.2) is 54.6 Å². The molecule has 2 unspecified atom stereocenters. The molecule has 3 heterocycles. The lowest BCUT2D eigenvalue weighted by molar-refractivity contribution is -0.134. The van der Waals surface area contributed by atoms with Crippen molar-refractivity contribution in [2.45, 2.75) is 12.3 Å². The van der Waals surface area contributed by atoms with E-state index in [4.69, 9.17) is 9.47 Å². The van der Waals surface area contributed by atoms with Crippen molar-refractivity contribution < 1.29 is 19.1 Å². The van der Waals surface area contributed by atoms with E-state index in [1.807, 2.05) is 15.9 Å². The van der Waals surface area contributed by atoms with Crippen LogP contribution in [0.5, 0.6) is 11.5 Å². The Labute approximate surface area is 161 Å². The van der Waals surface area contributed by atoms with Crippen LogP contribution in [-0.2, 0) is 4.79 Å². The first-order chi connectivity index (χ1) is 13.2. The highest BCUT2D eigenvalue weighted by Gasteiger charge is 2.46. The van der Waals surface area contributed by atoms with E-state index in [1.165, 1.54) is 4.88 Å². The molecule has 2 atom stereocenters. The van der Waals surface area contributed by atoms with Crippen LogP contribution >= 0.6 is 11.3 Å². The van der Waals surface area contributed by atoms with Crippen molar-refractivity contribution in [1.29, 1.82) is 0 Å². The van der Waals surface area contributed by atoms with E-state index in [0.29, 0.717) is 49.2 Å². The minimum Gasteiger partial charge on any atom is -0.454 e. The summed E-state index contributed by atoms with van der Waals surface area (Å²) in [4.78, 5) is 30.5. The number of ether oxygens (including phenoxy) is 2. The van der Waals surface area contributed by atoms with Crippen molar-refractivity contribution in [2.24, 2.45) is 5.92 Å². The second-order valence-electron chi connectivity index (χ2n) is 7.15. The number of hydrogen-bond donors (Lipinski definition) is 0. The Kier molecular flexibility index (Phi) is 4.04. The molecule has 27 heavy (non-hydrogen) atoms. The predicted octanol–water partition coefficient (Wildman–Crippen LogP) is 2.56. The second kappa shape index (κ2) is 6.56. The van der Waals surface area contributed by atoms with Crippen LogP contribution in [0.2, 0.25) is 0 Å². The standard InChI is InChI=1S/C20H20N2O4S/c23-19(13-3-4-16-17(10-13)26-12-25-16)21-5-7-22(8-6-21)20(24)15-11-14(15)18-2-1-9-27-18/h1-4,9-10,14-15H,5-8,11-12H2. The molecule has 0 bridgehead atoms. The van der Waals surface area contributed by atoms with Gasteiger partial charge in [0, 0.05) is 48.5 Å². The van der Waals surface area contributed by atoms with Gasteiger partial charge in [-0.05, 0) is 36.1 Å². The quantitative estimate of drug-likeness (QED) is 0.816. The van der Waals surface area contributed by atoms with Crippen LogP contribution in [0.4, 0.5) is 0 Å². The van der Waals surface area contributed by atoms with Crippen LogP contribution in [0.15, 0.2) is 35.7 Å². The average molecular weight is 384 g/mol. The summed E-state index contributed by atoms with van der Waals surface area (Å²) in [6.45, 7) is 2.53. The molecule has 2 amide bonds. The van der Waals surface area contributed by atoms with Gasteiger partial charge >= 0.3 is 0 Å². The molecule has 1 aliphatic carbocycles. The van der Waals surface area contributed by atoms with Crippen LogP contribution in [0.3, 0.4) is 0 Å². The highest BCUT2D eigenvalue weighted by molar-refractivity contribution is 7.10. The summed E-state index contributed by atoms with van der Waals surface area (Å²) < 4.78 is 10.6. The Hall–Kier alpha value is -2.54. The topological polar surface area (TPSA) is 59.1 Å². The summed E-state index contributed by atoms with van der Waals surface area (Å²) in [5.41, 5.74) is 0.596. The molecular formula is C20H20N2O4S. The first kappa shape index (κ1) is 16.6. The van der Waals surface area contributed by atoms with Gasteiger partial charge < -0.3 is 19.3 Å². The minimum absolute atomic E-state index is 0.0247. The van der Waals surface area contributed by atoms with Crippen LogP contribution in [0, 0.1) is 5.92 Å². The number of fused-ring (bicyclic) bond motifs is 1. The number of rotatable bonds is 3. The second-order valence-corrected chi connectivity index (χ2v) is 8.13. The summed E-state index contributed by atoms with van der Waals surface area (Å²) in [5.74, 6) is 2.02. The molecule has 5 rings (SSSR count). The Morgan fingerprint density at radius 3 is 2.56 bits per heavy atom. The van der Waals surface area contributed by atoms with E-state index >= 15 is 0 Å². The van der Waals surface area contributed by atoms with Gasteiger partial charge in [0.15, 0.2) is 11.5 Å². The van der Waals surface area contributed by atoms with Gasteiger partial charge in [0.1, 0.15) is 0 Å². The highest BCUT2D eigenvalue weighted by Crippen LogP contribution is 2.50. The number of benzene rings is 1. The monoisotopic (exact) mass is 384 g/mol. The summed E-state index contributed by atoms with van der Waals surface area (Å²) in [5, 5.41) is 2.07. The molecule has 1 aromatic heterocycles. The first-order valence-electron chi connectivity index (χ1n) is 9.22. The lowest BCUT2D eigenvalue weighted by Gasteiger charge is -2.35. The Morgan fingerprint density at radius 1 is 1.00 bits per heavy atom. The number of nitrogens with zero attached hydrogens (tertiary/aromatic N) is 2. The maximum Gasteiger partial charge on any atom is 0.254 e. The molecule has 2 aliphatic heterocycles. The summed E-state index contributed by atoms with van der Waals surface area (Å²) in [6, 6.07) is 9.43. The minimum atomic E-state index is -0.0247. The van der Waals surface area contributed by atoms with Crippen molar-refractivity contribution >= 4 is 23.2 Å². The summed E-state index contributed by atoms with van der Waals surface area (Å²) >= 11 is 1.73. The Morgan fingerprint density at radius 2 is 1.78 bits per heavy atom. The highest BCUT2D eigenvalue weighted by atomic mass is 32.1. The smallest absolute Gasteiger partial charge is 0.254 e. The molecule has 0 N–H and O–H groups in total. The lowest BCUT2D eigenvalue weighted by atomic mass is 10.1. The van der Waals surface area contributed by atoms with E-state index in [-0.39, 0.29) is 24.5 Å². The molecule has 140 valence electrons. The molecule has 2 aromatic rings. The number of hydrogen-bond acceptors (Lipinski definition) is 5. The normalized spacial score (nSPS) is 23.4. The Balaban J connectivity index is 1.18. The average Bonchev–Trinajstić information content (AvgIpc) is 3.10. The summed E-state index contributed by atoms with van der Waals surface area (Å²) in [7, 11) is 0. The SMILES string of the molecule is O=C(c1ccc2c(c1)OCO2)N1CCN(C(=O)C2CC2c2cccs2)CC1. The van der Waals surface area contributed by atoms with E-state index in [9.17, 15) is 9.59 Å². The van der Waals surface area contributed by atoms with Gasteiger partial charge in [-0.25, -0.2) is 0 Å². The van der Waals surface area contributed by atoms with Crippen LogP contribution < -0.4 is 9.47 Å². The first-order valence-corrected chi connectivity index (χ1v) is 10.1. The van der Waals surface area contributed by atoms with E-state index in [1.54, 1.807) is 29.5 Å². The lowest BCUT2D eigenvalue weighted by Crippen LogP contribution is -2.51.